The van der Waals surface area contributed by atoms with Gasteiger partial charge < -0.3 is 9.72 Å². The largest absolute Gasteiger partial charge is 0.350 e. The number of pyridine rings is 1. The molecule has 0 saturated heterocycles. The van der Waals surface area contributed by atoms with Gasteiger partial charge in [-0.05, 0) is 23.8 Å². The molecule has 1 N–H and O–H groups in total. The van der Waals surface area contributed by atoms with Gasteiger partial charge in [-0.15, -0.1) is 0 Å². The van der Waals surface area contributed by atoms with E-state index in [4.69, 9.17) is 0 Å². The minimum absolute atomic E-state index is 0.0625. The summed E-state index contributed by atoms with van der Waals surface area (Å²) in [4.78, 5) is 42.4. The van der Waals surface area contributed by atoms with Crippen molar-refractivity contribution in [2.75, 3.05) is 6.54 Å². The van der Waals surface area contributed by atoms with Crippen LogP contribution in [-0.4, -0.2) is 38.6 Å². The van der Waals surface area contributed by atoms with E-state index in [0.29, 0.717) is 12.1 Å². The predicted molar refractivity (Wildman–Crippen MR) is 97.8 cm³/mol. The molecule has 4 rings (SSSR count). The number of nitrogens with one attached hydrogen (secondary N) is 1. The van der Waals surface area contributed by atoms with Gasteiger partial charge in [0.05, 0.1) is 18.7 Å². The fourth-order valence-corrected chi connectivity index (χ4v) is 3.19. The maximum absolute atomic E-state index is 12.5. The Morgan fingerprint density at radius 1 is 1.11 bits per heavy atom. The summed E-state index contributed by atoms with van der Waals surface area (Å²) in [6, 6.07) is 12.8. The Morgan fingerprint density at radius 2 is 1.93 bits per heavy atom. The van der Waals surface area contributed by atoms with Gasteiger partial charge >= 0.3 is 0 Å². The van der Waals surface area contributed by atoms with Crippen molar-refractivity contribution < 1.29 is 14.4 Å². The van der Waals surface area contributed by atoms with Gasteiger partial charge in [-0.3, -0.25) is 19.3 Å². The number of hydrogen-bond donors (Lipinski definition) is 1. The van der Waals surface area contributed by atoms with Crippen LogP contribution in [-0.2, 0) is 22.6 Å². The standard InChI is InChI=1S/C20H18N4O3/c25-18(21-12-15-13-23-9-4-3-7-17(23)22-15)8-10-24-19(26)11-14-5-1-2-6-16(14)20(24)27/h1-7,9,13H,8,10-12H2,(H,21,25). The summed E-state index contributed by atoms with van der Waals surface area (Å²) in [6.45, 7) is 0.369. The zero-order valence-corrected chi connectivity index (χ0v) is 14.6. The van der Waals surface area contributed by atoms with Crippen molar-refractivity contribution in [3.8, 4) is 0 Å². The molecule has 1 aliphatic heterocycles. The van der Waals surface area contributed by atoms with Crippen molar-refractivity contribution in [1.29, 1.82) is 0 Å². The number of rotatable bonds is 5. The van der Waals surface area contributed by atoms with E-state index >= 15 is 0 Å². The summed E-state index contributed by atoms with van der Waals surface area (Å²) in [6.07, 6.45) is 3.99. The number of hydrogen-bond acceptors (Lipinski definition) is 4. The van der Waals surface area contributed by atoms with Gasteiger partial charge in [-0.25, -0.2) is 4.98 Å². The third-order valence-corrected chi connectivity index (χ3v) is 4.58. The van der Waals surface area contributed by atoms with E-state index in [2.05, 4.69) is 10.3 Å². The number of imidazole rings is 1. The Labute approximate surface area is 155 Å². The maximum Gasteiger partial charge on any atom is 0.260 e. The molecule has 0 atom stereocenters. The van der Waals surface area contributed by atoms with E-state index in [-0.39, 0.29) is 37.1 Å². The Hall–Kier alpha value is -3.48. The average molecular weight is 362 g/mol. The third kappa shape index (κ3) is 3.44. The minimum Gasteiger partial charge on any atom is -0.350 e. The lowest BCUT2D eigenvalue weighted by Crippen LogP contribution is -2.44. The summed E-state index contributed by atoms with van der Waals surface area (Å²) >= 11 is 0. The summed E-state index contributed by atoms with van der Waals surface area (Å²) in [5, 5.41) is 2.78. The third-order valence-electron chi connectivity index (χ3n) is 4.58. The Morgan fingerprint density at radius 3 is 2.78 bits per heavy atom. The number of aromatic nitrogens is 2. The molecule has 136 valence electrons. The first-order valence-electron chi connectivity index (χ1n) is 8.74. The van der Waals surface area contributed by atoms with Crippen LogP contribution in [0.4, 0.5) is 0 Å². The summed E-state index contributed by atoms with van der Waals surface area (Å²) in [5.74, 6) is -0.839. The van der Waals surface area contributed by atoms with E-state index in [9.17, 15) is 14.4 Å². The second-order valence-corrected chi connectivity index (χ2v) is 6.41. The molecule has 27 heavy (non-hydrogen) atoms. The van der Waals surface area contributed by atoms with Crippen LogP contribution in [0.5, 0.6) is 0 Å². The summed E-state index contributed by atoms with van der Waals surface area (Å²) in [5.41, 5.74) is 2.82. The molecule has 0 radical (unpaired) electrons. The van der Waals surface area contributed by atoms with Gasteiger partial charge in [-0.2, -0.15) is 0 Å². The molecule has 3 aromatic rings. The van der Waals surface area contributed by atoms with E-state index < -0.39 is 0 Å². The van der Waals surface area contributed by atoms with Gasteiger partial charge in [0.2, 0.25) is 11.8 Å². The Balaban J connectivity index is 1.34. The van der Waals surface area contributed by atoms with Crippen LogP contribution in [0, 0.1) is 0 Å². The van der Waals surface area contributed by atoms with Crippen molar-refractivity contribution in [1.82, 2.24) is 19.6 Å². The van der Waals surface area contributed by atoms with E-state index in [0.717, 1.165) is 21.8 Å². The number of carbonyl (C=O) groups excluding carboxylic acids is 3. The number of benzene rings is 1. The van der Waals surface area contributed by atoms with Gasteiger partial charge in [-0.1, -0.05) is 24.3 Å². The second kappa shape index (κ2) is 7.03. The number of carbonyl (C=O) groups is 3. The SMILES string of the molecule is O=C(CCN1C(=O)Cc2ccccc2C1=O)NCc1cn2ccccc2n1. The Bertz CT molecular complexity index is 1010. The lowest BCUT2D eigenvalue weighted by molar-refractivity contribution is -0.129. The van der Waals surface area contributed by atoms with Crippen LogP contribution < -0.4 is 5.32 Å². The molecule has 0 bridgehead atoms. The topological polar surface area (TPSA) is 83.8 Å². The molecule has 3 amide bonds. The quantitative estimate of drug-likeness (QED) is 0.698. The molecule has 0 fully saturated rings. The van der Waals surface area contributed by atoms with E-state index in [1.165, 1.54) is 0 Å². The van der Waals surface area contributed by atoms with Crippen LogP contribution in [0.3, 0.4) is 0 Å². The van der Waals surface area contributed by atoms with Gasteiger partial charge in [0, 0.05) is 30.9 Å². The highest BCUT2D eigenvalue weighted by Crippen LogP contribution is 2.19. The van der Waals surface area contributed by atoms with Crippen molar-refractivity contribution in [3.05, 3.63) is 71.7 Å². The summed E-state index contributed by atoms with van der Waals surface area (Å²) in [7, 11) is 0. The fraction of sp³-hybridized carbons (Fsp3) is 0.200. The highest BCUT2D eigenvalue weighted by atomic mass is 16.2. The molecular formula is C20H18N4O3. The summed E-state index contributed by atoms with van der Waals surface area (Å²) < 4.78 is 1.88. The fourth-order valence-electron chi connectivity index (χ4n) is 3.19. The van der Waals surface area contributed by atoms with Gasteiger partial charge in [0.25, 0.3) is 5.91 Å². The lowest BCUT2D eigenvalue weighted by Gasteiger charge is -2.26. The van der Waals surface area contributed by atoms with Crippen LogP contribution in [0.2, 0.25) is 0 Å². The molecule has 0 unspecified atom stereocenters. The predicted octanol–water partition coefficient (Wildman–Crippen LogP) is 1.57. The molecule has 1 aliphatic rings. The minimum atomic E-state index is -0.338. The van der Waals surface area contributed by atoms with Crippen molar-refractivity contribution in [3.63, 3.8) is 0 Å². The Kier molecular flexibility index (Phi) is 4.42. The molecular weight excluding hydrogens is 344 g/mol. The highest BCUT2D eigenvalue weighted by molar-refractivity contribution is 6.09. The van der Waals surface area contributed by atoms with E-state index in [1.54, 1.807) is 18.2 Å². The van der Waals surface area contributed by atoms with Crippen molar-refractivity contribution >= 4 is 23.4 Å². The van der Waals surface area contributed by atoms with Crippen molar-refractivity contribution in [2.24, 2.45) is 0 Å². The normalized spacial score (nSPS) is 13.7. The molecule has 7 nitrogen and oxygen atoms in total. The number of fused-ring (bicyclic) bond motifs is 2. The lowest BCUT2D eigenvalue weighted by atomic mass is 9.98. The molecule has 3 heterocycles. The molecule has 1 aromatic carbocycles. The maximum atomic E-state index is 12.5. The first-order valence-corrected chi connectivity index (χ1v) is 8.74. The van der Waals surface area contributed by atoms with E-state index in [1.807, 2.05) is 41.1 Å². The second-order valence-electron chi connectivity index (χ2n) is 6.41. The molecule has 7 heteroatoms. The first-order chi connectivity index (χ1) is 13.1. The molecule has 0 aliphatic carbocycles. The monoisotopic (exact) mass is 362 g/mol. The molecule has 2 aromatic heterocycles. The molecule has 0 saturated carbocycles. The average Bonchev–Trinajstić information content (AvgIpc) is 3.09. The van der Waals surface area contributed by atoms with Crippen molar-refractivity contribution in [2.45, 2.75) is 19.4 Å². The zero-order valence-electron chi connectivity index (χ0n) is 14.6. The zero-order chi connectivity index (χ0) is 18.8. The van der Waals surface area contributed by atoms with Gasteiger partial charge in [0.1, 0.15) is 5.65 Å². The number of imide groups is 1. The number of nitrogens with zero attached hydrogens (tertiary/aromatic N) is 3. The number of amides is 3. The van der Waals surface area contributed by atoms with Crippen LogP contribution in [0.15, 0.2) is 54.9 Å². The molecule has 0 spiro atoms. The van der Waals surface area contributed by atoms with Crippen LogP contribution >= 0.6 is 0 Å². The van der Waals surface area contributed by atoms with Gasteiger partial charge in [0.15, 0.2) is 0 Å². The van der Waals surface area contributed by atoms with Crippen LogP contribution in [0.25, 0.3) is 5.65 Å². The smallest absolute Gasteiger partial charge is 0.260 e. The highest BCUT2D eigenvalue weighted by Gasteiger charge is 2.30. The first kappa shape index (κ1) is 17.0. The van der Waals surface area contributed by atoms with Crippen LogP contribution in [0.1, 0.15) is 28.0 Å².